The Morgan fingerprint density at radius 2 is 2.27 bits per heavy atom. The molecule has 0 amide bonds. The van der Waals surface area contributed by atoms with Crippen molar-refractivity contribution in [3.8, 4) is 0 Å². The molecule has 0 fully saturated rings. The third kappa shape index (κ3) is 1.96. The molecule has 1 rings (SSSR count). The zero-order valence-corrected chi connectivity index (χ0v) is 6.97. The van der Waals surface area contributed by atoms with Gasteiger partial charge in [0.1, 0.15) is 0 Å². The van der Waals surface area contributed by atoms with E-state index < -0.39 is 0 Å². The van der Waals surface area contributed by atoms with Crippen LogP contribution in [0.2, 0.25) is 5.02 Å². The molecule has 0 N–H and O–H groups in total. The third-order valence-corrected chi connectivity index (χ3v) is 1.76. The third-order valence-electron chi connectivity index (χ3n) is 1.52. The summed E-state index contributed by atoms with van der Waals surface area (Å²) in [5.41, 5.74) is 0.979. The van der Waals surface area contributed by atoms with Crippen molar-refractivity contribution in [1.82, 2.24) is 0 Å². The van der Waals surface area contributed by atoms with E-state index in [9.17, 15) is 0 Å². The van der Waals surface area contributed by atoms with Crippen LogP contribution in [0.3, 0.4) is 0 Å². The summed E-state index contributed by atoms with van der Waals surface area (Å²) in [5, 5.41) is 0.693. The standard InChI is InChI=1S/C9H8ClN/c1-7(11-2)8-4-3-5-9(10)6-8/h3-7H,1H3/t7-/m0/s1. The topological polar surface area (TPSA) is 4.36 Å². The van der Waals surface area contributed by atoms with E-state index in [2.05, 4.69) is 4.85 Å². The Morgan fingerprint density at radius 1 is 1.55 bits per heavy atom. The van der Waals surface area contributed by atoms with E-state index in [1.165, 1.54) is 0 Å². The second-order valence-electron chi connectivity index (χ2n) is 2.36. The Labute approximate surface area is 71.4 Å². The minimum absolute atomic E-state index is 0.0892. The van der Waals surface area contributed by atoms with Crippen LogP contribution in [-0.4, -0.2) is 0 Å². The fraction of sp³-hybridized carbons (Fsp3) is 0.222. The Hall–Kier alpha value is -1.00. The summed E-state index contributed by atoms with van der Waals surface area (Å²) in [6.45, 7) is 8.66. The molecule has 0 aliphatic rings. The van der Waals surface area contributed by atoms with Crippen LogP contribution < -0.4 is 0 Å². The molecule has 0 spiro atoms. The highest BCUT2D eigenvalue weighted by molar-refractivity contribution is 6.30. The van der Waals surface area contributed by atoms with Crippen molar-refractivity contribution < 1.29 is 0 Å². The lowest BCUT2D eigenvalue weighted by atomic mass is 10.1. The van der Waals surface area contributed by atoms with Crippen LogP contribution in [0.4, 0.5) is 0 Å². The summed E-state index contributed by atoms with van der Waals surface area (Å²) >= 11 is 5.74. The number of rotatable bonds is 1. The van der Waals surface area contributed by atoms with Gasteiger partial charge >= 0.3 is 0 Å². The average molecular weight is 166 g/mol. The van der Waals surface area contributed by atoms with Crippen LogP contribution in [0.15, 0.2) is 24.3 Å². The van der Waals surface area contributed by atoms with Crippen molar-refractivity contribution in [2.45, 2.75) is 13.0 Å². The molecular weight excluding hydrogens is 158 g/mol. The van der Waals surface area contributed by atoms with E-state index in [0.717, 1.165) is 5.56 Å². The predicted octanol–water partition coefficient (Wildman–Crippen LogP) is 3.32. The summed E-state index contributed by atoms with van der Waals surface area (Å²) in [7, 11) is 0. The van der Waals surface area contributed by atoms with Gasteiger partial charge < -0.3 is 4.85 Å². The van der Waals surface area contributed by atoms with E-state index in [1.807, 2.05) is 31.2 Å². The molecule has 0 aromatic heterocycles. The molecule has 1 aromatic rings. The van der Waals surface area contributed by atoms with Crippen LogP contribution in [0.25, 0.3) is 4.85 Å². The maximum atomic E-state index is 6.80. The van der Waals surface area contributed by atoms with Crippen LogP contribution in [0.5, 0.6) is 0 Å². The first-order valence-electron chi connectivity index (χ1n) is 3.36. The van der Waals surface area contributed by atoms with Gasteiger partial charge in [0, 0.05) is 17.5 Å². The van der Waals surface area contributed by atoms with Crippen molar-refractivity contribution in [3.63, 3.8) is 0 Å². The molecule has 2 heteroatoms. The summed E-state index contributed by atoms with van der Waals surface area (Å²) in [4.78, 5) is 3.39. The number of benzene rings is 1. The Balaban J connectivity index is 2.98. The van der Waals surface area contributed by atoms with Crippen molar-refractivity contribution in [3.05, 3.63) is 46.3 Å². The lowest BCUT2D eigenvalue weighted by Gasteiger charge is -1.98. The van der Waals surface area contributed by atoms with Crippen molar-refractivity contribution in [2.75, 3.05) is 0 Å². The van der Waals surface area contributed by atoms with E-state index in [-0.39, 0.29) is 6.04 Å². The number of halogens is 1. The predicted molar refractivity (Wildman–Crippen MR) is 46.5 cm³/mol. The molecule has 0 aliphatic heterocycles. The molecule has 0 saturated carbocycles. The van der Waals surface area contributed by atoms with Gasteiger partial charge in [0.25, 0.3) is 0 Å². The molecule has 1 atom stereocenters. The molecule has 56 valence electrons. The highest BCUT2D eigenvalue weighted by Gasteiger charge is 2.06. The number of hydrogen-bond acceptors (Lipinski definition) is 0. The summed E-state index contributed by atoms with van der Waals surface area (Å²) < 4.78 is 0. The van der Waals surface area contributed by atoms with E-state index >= 15 is 0 Å². The molecule has 1 nitrogen and oxygen atoms in total. The Kier molecular flexibility index (Phi) is 2.51. The minimum atomic E-state index is -0.0892. The fourth-order valence-corrected chi connectivity index (χ4v) is 1.04. The Morgan fingerprint density at radius 3 is 2.82 bits per heavy atom. The van der Waals surface area contributed by atoms with Crippen LogP contribution in [-0.2, 0) is 0 Å². The molecule has 0 heterocycles. The van der Waals surface area contributed by atoms with Gasteiger partial charge in [-0.15, -0.1) is 0 Å². The van der Waals surface area contributed by atoms with Gasteiger partial charge in [0.05, 0.1) is 0 Å². The lowest BCUT2D eigenvalue weighted by Crippen LogP contribution is -1.84. The second-order valence-corrected chi connectivity index (χ2v) is 2.80. The highest BCUT2D eigenvalue weighted by Crippen LogP contribution is 2.19. The summed E-state index contributed by atoms with van der Waals surface area (Å²) in [5.74, 6) is 0. The monoisotopic (exact) mass is 165 g/mol. The number of hydrogen-bond donors (Lipinski definition) is 0. The number of nitrogens with zero attached hydrogens (tertiary/aromatic N) is 1. The van der Waals surface area contributed by atoms with Gasteiger partial charge in [0.15, 0.2) is 0 Å². The Bertz CT molecular complexity index is 288. The molecule has 0 radical (unpaired) electrons. The van der Waals surface area contributed by atoms with Crippen molar-refractivity contribution in [1.29, 1.82) is 0 Å². The molecular formula is C9H8ClN. The molecule has 0 unspecified atom stereocenters. The zero-order valence-electron chi connectivity index (χ0n) is 6.21. The van der Waals surface area contributed by atoms with Crippen LogP contribution in [0.1, 0.15) is 18.5 Å². The van der Waals surface area contributed by atoms with E-state index in [1.54, 1.807) is 0 Å². The molecule has 11 heavy (non-hydrogen) atoms. The largest absolute Gasteiger partial charge is 0.309 e. The average Bonchev–Trinajstić information content (AvgIpc) is 2.03. The van der Waals surface area contributed by atoms with Gasteiger partial charge in [-0.05, 0) is 12.1 Å². The summed E-state index contributed by atoms with van der Waals surface area (Å²) in [6.07, 6.45) is 0. The van der Waals surface area contributed by atoms with E-state index in [4.69, 9.17) is 18.2 Å². The van der Waals surface area contributed by atoms with Crippen molar-refractivity contribution in [2.24, 2.45) is 0 Å². The SMILES string of the molecule is [C-]#[N+][C@@H](C)c1cccc(Cl)c1. The zero-order chi connectivity index (χ0) is 8.27. The van der Waals surface area contributed by atoms with Crippen LogP contribution in [0, 0.1) is 6.57 Å². The highest BCUT2D eigenvalue weighted by atomic mass is 35.5. The fourth-order valence-electron chi connectivity index (χ4n) is 0.841. The summed E-state index contributed by atoms with van der Waals surface area (Å²) in [6, 6.07) is 7.31. The minimum Gasteiger partial charge on any atom is -0.309 e. The first-order valence-corrected chi connectivity index (χ1v) is 3.74. The maximum absolute atomic E-state index is 6.80. The molecule has 1 aromatic carbocycles. The maximum Gasteiger partial charge on any atom is 0.246 e. The first kappa shape index (κ1) is 8.10. The lowest BCUT2D eigenvalue weighted by molar-refractivity contribution is 0.962. The van der Waals surface area contributed by atoms with Gasteiger partial charge in [-0.3, -0.25) is 0 Å². The normalized spacial score (nSPS) is 12.1. The first-order chi connectivity index (χ1) is 5.24. The molecule has 0 saturated heterocycles. The van der Waals surface area contributed by atoms with Crippen LogP contribution >= 0.6 is 11.6 Å². The van der Waals surface area contributed by atoms with Gasteiger partial charge in [-0.25, -0.2) is 6.57 Å². The molecule has 0 aliphatic carbocycles. The molecule has 0 bridgehead atoms. The van der Waals surface area contributed by atoms with Gasteiger partial charge in [-0.1, -0.05) is 23.7 Å². The second kappa shape index (κ2) is 3.41. The smallest absolute Gasteiger partial charge is 0.246 e. The quantitative estimate of drug-likeness (QED) is 0.563. The van der Waals surface area contributed by atoms with Gasteiger partial charge in [-0.2, -0.15) is 0 Å². The van der Waals surface area contributed by atoms with E-state index in [0.29, 0.717) is 5.02 Å². The van der Waals surface area contributed by atoms with Crippen molar-refractivity contribution >= 4 is 11.6 Å². The van der Waals surface area contributed by atoms with Gasteiger partial charge in [0.2, 0.25) is 6.04 Å².